The zero-order valence-electron chi connectivity index (χ0n) is 10.1. The Hall–Kier alpha value is -2.25. The number of anilines is 1. The zero-order chi connectivity index (χ0) is 14.0. The van der Waals surface area contributed by atoms with E-state index in [-0.39, 0.29) is 11.3 Å². The third-order valence-electron chi connectivity index (χ3n) is 2.75. The molecule has 2 aromatic rings. The first-order valence-corrected chi connectivity index (χ1v) is 5.49. The van der Waals surface area contributed by atoms with Gasteiger partial charge in [-0.25, -0.2) is 4.79 Å². The van der Waals surface area contributed by atoms with Crippen molar-refractivity contribution in [3.05, 3.63) is 30.1 Å². The number of hydrogen-bond donors (Lipinski definition) is 3. The van der Waals surface area contributed by atoms with E-state index in [1.165, 1.54) is 18.5 Å². The van der Waals surface area contributed by atoms with Crippen LogP contribution in [0.3, 0.4) is 0 Å². The van der Waals surface area contributed by atoms with Crippen molar-refractivity contribution >= 4 is 22.7 Å². The molecule has 7 heteroatoms. The van der Waals surface area contributed by atoms with Crippen molar-refractivity contribution in [3.63, 3.8) is 0 Å². The maximum atomic E-state index is 11.3. The van der Waals surface area contributed by atoms with Crippen molar-refractivity contribution in [3.8, 4) is 0 Å². The molecule has 4 N–H and O–H groups in total. The van der Waals surface area contributed by atoms with E-state index in [2.05, 4.69) is 14.7 Å². The fourth-order valence-corrected chi connectivity index (χ4v) is 1.79. The van der Waals surface area contributed by atoms with E-state index in [1.807, 2.05) is 0 Å². The molecule has 19 heavy (non-hydrogen) atoms. The van der Waals surface area contributed by atoms with Crippen molar-refractivity contribution in [2.24, 2.45) is 0 Å². The number of methoxy groups -OCH3 is 1. The number of carbonyl (C=O) groups excluding carboxylic acids is 1. The molecule has 2 rings (SSSR count). The lowest BCUT2D eigenvalue weighted by molar-refractivity contribution is -0.156. The van der Waals surface area contributed by atoms with Crippen molar-refractivity contribution < 1.29 is 19.7 Å². The van der Waals surface area contributed by atoms with Crippen LogP contribution in [0.1, 0.15) is 11.7 Å². The summed E-state index contributed by atoms with van der Waals surface area (Å²) in [7, 11) is 1.12. The molecule has 0 fully saturated rings. The molecule has 0 saturated carbocycles. The van der Waals surface area contributed by atoms with Gasteiger partial charge in [0.15, 0.2) is 6.10 Å². The number of carbonyl (C=O) groups is 1. The van der Waals surface area contributed by atoms with E-state index in [9.17, 15) is 15.0 Å². The van der Waals surface area contributed by atoms with Gasteiger partial charge in [0, 0.05) is 23.6 Å². The van der Waals surface area contributed by atoms with Crippen molar-refractivity contribution in [1.82, 2.24) is 9.97 Å². The largest absolute Gasteiger partial charge is 0.467 e. The second-order valence-electron chi connectivity index (χ2n) is 3.91. The smallest absolute Gasteiger partial charge is 0.337 e. The van der Waals surface area contributed by atoms with Gasteiger partial charge in [0.2, 0.25) is 0 Å². The summed E-state index contributed by atoms with van der Waals surface area (Å²) in [5, 5.41) is 19.8. The number of rotatable bonds is 3. The van der Waals surface area contributed by atoms with E-state index in [0.29, 0.717) is 11.0 Å². The number of benzene rings is 1. The molecule has 2 atom stereocenters. The minimum Gasteiger partial charge on any atom is -0.467 e. The lowest BCUT2D eigenvalue weighted by atomic mass is 10.0. The predicted molar refractivity (Wildman–Crippen MR) is 66.9 cm³/mol. The van der Waals surface area contributed by atoms with E-state index in [0.717, 1.165) is 7.11 Å². The molecule has 0 amide bonds. The number of ether oxygens (including phenoxy) is 1. The van der Waals surface area contributed by atoms with Gasteiger partial charge in [-0.1, -0.05) is 0 Å². The Balaban J connectivity index is 2.55. The summed E-state index contributed by atoms with van der Waals surface area (Å²) in [6.45, 7) is 0. The van der Waals surface area contributed by atoms with Crippen LogP contribution in [0.25, 0.3) is 11.0 Å². The fraction of sp³-hybridized carbons (Fsp3) is 0.250. The van der Waals surface area contributed by atoms with Crippen LogP contribution in [-0.4, -0.2) is 39.4 Å². The van der Waals surface area contributed by atoms with Crippen LogP contribution < -0.4 is 5.73 Å². The highest BCUT2D eigenvalue weighted by Gasteiger charge is 2.29. The summed E-state index contributed by atoms with van der Waals surface area (Å²) in [5.74, 6) is -0.951. The predicted octanol–water partition coefficient (Wildman–Crippen LogP) is -0.221. The molecule has 0 aliphatic carbocycles. The minimum absolute atomic E-state index is 0.156. The standard InChI is InChI=1S/C12H13N3O4/c1-19-12(18)11(17)10(16)8-6(13)2-3-7-9(8)15-5-4-14-7/h2-5,10-11,16-17H,13H2,1H3. The summed E-state index contributed by atoms with van der Waals surface area (Å²) in [6.07, 6.45) is -0.346. The maximum Gasteiger partial charge on any atom is 0.337 e. The summed E-state index contributed by atoms with van der Waals surface area (Å²) in [4.78, 5) is 19.4. The van der Waals surface area contributed by atoms with Crippen LogP contribution in [0, 0.1) is 0 Å². The van der Waals surface area contributed by atoms with E-state index < -0.39 is 18.2 Å². The Kier molecular flexibility index (Phi) is 3.59. The quantitative estimate of drug-likeness (QED) is 0.517. The Morgan fingerprint density at radius 3 is 2.68 bits per heavy atom. The maximum absolute atomic E-state index is 11.3. The third kappa shape index (κ3) is 2.33. The summed E-state index contributed by atoms with van der Waals surface area (Å²) in [5.41, 5.74) is 6.98. The number of aromatic nitrogens is 2. The van der Waals surface area contributed by atoms with Gasteiger partial charge >= 0.3 is 5.97 Å². The van der Waals surface area contributed by atoms with Gasteiger partial charge in [-0.15, -0.1) is 0 Å². The second kappa shape index (κ2) is 5.17. The molecule has 1 heterocycles. The van der Waals surface area contributed by atoms with E-state index in [4.69, 9.17) is 5.73 Å². The molecule has 0 bridgehead atoms. The number of nitrogens with zero attached hydrogens (tertiary/aromatic N) is 2. The Bertz CT molecular complexity index is 617. The first-order chi connectivity index (χ1) is 9.06. The molecule has 1 aromatic heterocycles. The van der Waals surface area contributed by atoms with Gasteiger partial charge < -0.3 is 20.7 Å². The number of fused-ring (bicyclic) bond motifs is 1. The van der Waals surface area contributed by atoms with Crippen LogP contribution in [0.4, 0.5) is 5.69 Å². The fourth-order valence-electron chi connectivity index (χ4n) is 1.79. The molecule has 2 unspecified atom stereocenters. The number of aliphatic hydroxyl groups is 2. The van der Waals surface area contributed by atoms with E-state index in [1.54, 1.807) is 6.07 Å². The lowest BCUT2D eigenvalue weighted by Gasteiger charge is -2.18. The van der Waals surface area contributed by atoms with Crippen molar-refractivity contribution in [2.75, 3.05) is 12.8 Å². The second-order valence-corrected chi connectivity index (χ2v) is 3.91. The molecule has 0 radical (unpaired) electrons. The van der Waals surface area contributed by atoms with Gasteiger partial charge in [-0.05, 0) is 12.1 Å². The van der Waals surface area contributed by atoms with Crippen LogP contribution in [0.15, 0.2) is 24.5 Å². The van der Waals surface area contributed by atoms with Gasteiger partial charge in [-0.3, -0.25) is 9.97 Å². The van der Waals surface area contributed by atoms with Crippen LogP contribution in [0.2, 0.25) is 0 Å². The molecule has 0 aliphatic rings. The van der Waals surface area contributed by atoms with Gasteiger partial charge in [-0.2, -0.15) is 0 Å². The number of nitrogen functional groups attached to an aromatic ring is 1. The SMILES string of the molecule is COC(=O)C(O)C(O)c1c(N)ccc2nccnc12. The zero-order valence-corrected chi connectivity index (χ0v) is 10.1. The molecule has 0 saturated heterocycles. The van der Waals surface area contributed by atoms with Crippen LogP contribution in [0.5, 0.6) is 0 Å². The first kappa shape index (κ1) is 13.2. The first-order valence-electron chi connectivity index (χ1n) is 5.49. The highest BCUT2D eigenvalue weighted by atomic mass is 16.5. The highest BCUT2D eigenvalue weighted by molar-refractivity contribution is 5.85. The average Bonchev–Trinajstić information content (AvgIpc) is 2.44. The molecule has 100 valence electrons. The van der Waals surface area contributed by atoms with Crippen LogP contribution in [-0.2, 0) is 9.53 Å². The number of aliphatic hydroxyl groups excluding tert-OH is 2. The molecular formula is C12H13N3O4. The van der Waals surface area contributed by atoms with Crippen molar-refractivity contribution in [1.29, 1.82) is 0 Å². The molecule has 0 spiro atoms. The Labute approximate surface area is 108 Å². The molecule has 1 aromatic carbocycles. The summed E-state index contributed by atoms with van der Waals surface area (Å²) in [6, 6.07) is 3.16. The number of hydrogen-bond acceptors (Lipinski definition) is 7. The topological polar surface area (TPSA) is 119 Å². The average molecular weight is 263 g/mol. The molecule has 7 nitrogen and oxygen atoms in total. The minimum atomic E-state index is -1.74. The third-order valence-corrected chi connectivity index (χ3v) is 2.75. The van der Waals surface area contributed by atoms with Gasteiger partial charge in [0.25, 0.3) is 0 Å². The Morgan fingerprint density at radius 2 is 2.00 bits per heavy atom. The van der Waals surface area contributed by atoms with Crippen LogP contribution >= 0.6 is 0 Å². The van der Waals surface area contributed by atoms with Gasteiger partial charge in [0.05, 0.1) is 18.1 Å². The van der Waals surface area contributed by atoms with Crippen molar-refractivity contribution in [2.45, 2.75) is 12.2 Å². The number of nitrogens with two attached hydrogens (primary N) is 1. The monoisotopic (exact) mass is 263 g/mol. The van der Waals surface area contributed by atoms with Gasteiger partial charge in [0.1, 0.15) is 6.10 Å². The Morgan fingerprint density at radius 1 is 1.32 bits per heavy atom. The molecular weight excluding hydrogens is 250 g/mol. The number of esters is 1. The lowest BCUT2D eigenvalue weighted by Crippen LogP contribution is -2.29. The highest BCUT2D eigenvalue weighted by Crippen LogP contribution is 2.29. The summed E-state index contributed by atoms with van der Waals surface area (Å²) < 4.78 is 4.38. The van der Waals surface area contributed by atoms with E-state index >= 15 is 0 Å². The normalized spacial score (nSPS) is 14.1. The molecule has 0 aliphatic heterocycles. The summed E-state index contributed by atoms with van der Waals surface area (Å²) >= 11 is 0.